The van der Waals surface area contributed by atoms with Crippen LogP contribution in [0.15, 0.2) is 170 Å². The number of hydrogen-bond acceptors (Lipinski definition) is 2. The van der Waals surface area contributed by atoms with Crippen LogP contribution >= 0.6 is 0 Å². The molecule has 0 bridgehead atoms. The second-order valence-electron chi connectivity index (χ2n) is 12.5. The molecule has 3 heteroatoms. The first-order valence-electron chi connectivity index (χ1n) is 16.2. The fourth-order valence-corrected chi connectivity index (χ4v) is 7.81. The molecule has 47 heavy (non-hydrogen) atoms. The fourth-order valence-electron chi connectivity index (χ4n) is 7.81. The van der Waals surface area contributed by atoms with E-state index in [1.54, 1.807) is 0 Å². The second-order valence-corrected chi connectivity index (χ2v) is 12.5. The van der Waals surface area contributed by atoms with E-state index in [0.29, 0.717) is 0 Å². The molecule has 0 spiro atoms. The highest BCUT2D eigenvalue weighted by molar-refractivity contribution is 6.99. The number of hydrogen-bond donors (Lipinski definition) is 0. The Labute approximate surface area is 274 Å². The van der Waals surface area contributed by atoms with Gasteiger partial charge in [0.05, 0.1) is 0 Å². The molecule has 0 aliphatic carbocycles. The minimum Gasteiger partial charge on any atom is -0.458 e. The largest absolute Gasteiger partial charge is 0.458 e. The Bertz CT molecular complexity index is 2500. The minimum atomic E-state index is 0.0933. The molecule has 0 fully saturated rings. The predicted octanol–water partition coefficient (Wildman–Crippen LogP) is 9.73. The van der Waals surface area contributed by atoms with Gasteiger partial charge in [0.2, 0.25) is 0 Å². The number of benzene rings is 8. The van der Waals surface area contributed by atoms with E-state index in [2.05, 4.69) is 175 Å². The van der Waals surface area contributed by atoms with Gasteiger partial charge in [0, 0.05) is 17.1 Å². The third-order valence-electron chi connectivity index (χ3n) is 9.92. The normalized spacial score (nSPS) is 12.8. The Kier molecular flexibility index (Phi) is 5.70. The van der Waals surface area contributed by atoms with Crippen molar-refractivity contribution in [3.05, 3.63) is 170 Å². The van der Waals surface area contributed by atoms with E-state index in [1.807, 2.05) is 0 Å². The number of rotatable bonds is 3. The van der Waals surface area contributed by atoms with E-state index >= 15 is 0 Å². The van der Waals surface area contributed by atoms with Crippen LogP contribution < -0.4 is 26.0 Å². The molecule has 2 aliphatic rings. The lowest BCUT2D eigenvalue weighted by molar-refractivity contribution is 0.488. The zero-order valence-electron chi connectivity index (χ0n) is 25.6. The molecule has 8 aromatic rings. The van der Waals surface area contributed by atoms with Gasteiger partial charge in [-0.15, -0.1) is 0 Å². The van der Waals surface area contributed by atoms with E-state index in [4.69, 9.17) is 4.74 Å². The molecule has 0 saturated heterocycles. The summed E-state index contributed by atoms with van der Waals surface area (Å²) in [5, 5.41) is 4.95. The standard InChI is InChI=1S/C44H28BNO/c1-2-11-29(12-3-1)34-25-26-35(37-16-7-6-15-36(34)37)30-21-23-33(24-22-30)46-40-18-9-8-17-38(40)45-39-27-31-13-4-5-14-32(31)28-43(39)47-42-20-10-19-41(46)44(42)45/h1-28H. The van der Waals surface area contributed by atoms with Gasteiger partial charge in [0.25, 0.3) is 6.71 Å². The van der Waals surface area contributed by atoms with Crippen LogP contribution in [-0.2, 0) is 0 Å². The molecule has 218 valence electrons. The van der Waals surface area contributed by atoms with Gasteiger partial charge in [0.15, 0.2) is 0 Å². The maximum Gasteiger partial charge on any atom is 0.256 e. The van der Waals surface area contributed by atoms with Crippen molar-refractivity contribution in [3.8, 4) is 33.8 Å². The summed E-state index contributed by atoms with van der Waals surface area (Å²) in [5.41, 5.74) is 12.2. The Morgan fingerprint density at radius 3 is 1.81 bits per heavy atom. The zero-order chi connectivity index (χ0) is 30.9. The van der Waals surface area contributed by atoms with Crippen molar-refractivity contribution >= 4 is 61.7 Å². The number of para-hydroxylation sites is 1. The molecule has 2 aliphatic heterocycles. The van der Waals surface area contributed by atoms with E-state index in [1.165, 1.54) is 65.9 Å². The average Bonchev–Trinajstić information content (AvgIpc) is 3.14. The minimum absolute atomic E-state index is 0.0933. The molecule has 0 N–H and O–H groups in total. The molecular formula is C44H28BNO. The summed E-state index contributed by atoms with van der Waals surface area (Å²) in [7, 11) is 0. The third-order valence-corrected chi connectivity index (χ3v) is 9.92. The summed E-state index contributed by atoms with van der Waals surface area (Å²) < 4.78 is 6.66. The highest BCUT2D eigenvalue weighted by Gasteiger charge is 2.41. The summed E-state index contributed by atoms with van der Waals surface area (Å²) in [6.07, 6.45) is 0. The maximum atomic E-state index is 6.66. The topological polar surface area (TPSA) is 12.5 Å². The van der Waals surface area contributed by atoms with Crippen LogP contribution in [0, 0.1) is 0 Å². The van der Waals surface area contributed by atoms with Gasteiger partial charge in [-0.25, -0.2) is 0 Å². The van der Waals surface area contributed by atoms with Crippen LogP contribution in [0.1, 0.15) is 0 Å². The summed E-state index contributed by atoms with van der Waals surface area (Å²) >= 11 is 0. The third kappa shape index (κ3) is 4.00. The number of ether oxygens (including phenoxy) is 1. The van der Waals surface area contributed by atoms with Crippen molar-refractivity contribution in [2.45, 2.75) is 0 Å². The van der Waals surface area contributed by atoms with Gasteiger partial charge in [0.1, 0.15) is 11.5 Å². The highest BCUT2D eigenvalue weighted by atomic mass is 16.5. The van der Waals surface area contributed by atoms with Crippen LogP contribution in [0.2, 0.25) is 0 Å². The molecule has 0 atom stereocenters. The lowest BCUT2D eigenvalue weighted by Crippen LogP contribution is -2.59. The lowest BCUT2D eigenvalue weighted by Gasteiger charge is -2.40. The van der Waals surface area contributed by atoms with E-state index < -0.39 is 0 Å². The Morgan fingerprint density at radius 2 is 1.04 bits per heavy atom. The first-order chi connectivity index (χ1) is 23.3. The van der Waals surface area contributed by atoms with Gasteiger partial charge >= 0.3 is 0 Å². The van der Waals surface area contributed by atoms with Gasteiger partial charge < -0.3 is 9.64 Å². The SMILES string of the molecule is c1ccc(-c2ccc(-c3ccc(N4c5ccccc5B5c6cc7ccccc7cc6Oc6cccc4c65)cc3)c3ccccc23)cc1. The van der Waals surface area contributed by atoms with Crippen molar-refractivity contribution in [2.24, 2.45) is 0 Å². The lowest BCUT2D eigenvalue weighted by atomic mass is 9.34. The molecule has 2 nitrogen and oxygen atoms in total. The van der Waals surface area contributed by atoms with Crippen LogP contribution in [0.3, 0.4) is 0 Å². The number of fused-ring (bicyclic) bond motifs is 6. The molecule has 0 aromatic heterocycles. The van der Waals surface area contributed by atoms with Gasteiger partial charge in [-0.3, -0.25) is 0 Å². The van der Waals surface area contributed by atoms with Crippen LogP contribution in [0.4, 0.5) is 17.1 Å². The summed E-state index contributed by atoms with van der Waals surface area (Å²) in [4.78, 5) is 2.40. The first kappa shape index (κ1) is 26.2. The second kappa shape index (κ2) is 10.2. The van der Waals surface area contributed by atoms with Crippen molar-refractivity contribution in [1.29, 1.82) is 0 Å². The summed E-state index contributed by atoms with van der Waals surface area (Å²) in [6.45, 7) is 0.0933. The summed E-state index contributed by atoms with van der Waals surface area (Å²) in [5.74, 6) is 1.87. The molecule has 2 heterocycles. The Balaban J connectivity index is 1.10. The molecule has 0 radical (unpaired) electrons. The van der Waals surface area contributed by atoms with Crippen molar-refractivity contribution < 1.29 is 4.74 Å². The highest BCUT2D eigenvalue weighted by Crippen LogP contribution is 2.42. The average molecular weight is 598 g/mol. The monoisotopic (exact) mass is 597 g/mol. The van der Waals surface area contributed by atoms with E-state index in [9.17, 15) is 0 Å². The molecule has 0 saturated carbocycles. The molecule has 10 rings (SSSR count). The molecule has 8 aromatic carbocycles. The smallest absolute Gasteiger partial charge is 0.256 e. The van der Waals surface area contributed by atoms with Crippen LogP contribution in [0.5, 0.6) is 11.5 Å². The van der Waals surface area contributed by atoms with Crippen LogP contribution in [0.25, 0.3) is 43.8 Å². The fraction of sp³-hybridized carbons (Fsp3) is 0. The molecular weight excluding hydrogens is 569 g/mol. The van der Waals surface area contributed by atoms with Gasteiger partial charge in [-0.05, 0) is 96.6 Å². The summed E-state index contributed by atoms with van der Waals surface area (Å²) in [6, 6.07) is 61.4. The van der Waals surface area contributed by atoms with Crippen LogP contribution in [-0.4, -0.2) is 6.71 Å². The van der Waals surface area contributed by atoms with E-state index in [0.717, 1.165) is 22.9 Å². The van der Waals surface area contributed by atoms with Gasteiger partial charge in [-0.2, -0.15) is 0 Å². The van der Waals surface area contributed by atoms with Gasteiger partial charge in [-0.1, -0.05) is 133 Å². The maximum absolute atomic E-state index is 6.66. The Morgan fingerprint density at radius 1 is 0.426 bits per heavy atom. The Hall–Kier alpha value is -6.06. The molecule has 0 unspecified atom stereocenters. The number of anilines is 3. The number of nitrogens with zero attached hydrogens (tertiary/aromatic N) is 1. The zero-order valence-corrected chi connectivity index (χ0v) is 25.6. The van der Waals surface area contributed by atoms with Crippen molar-refractivity contribution in [3.63, 3.8) is 0 Å². The molecule has 0 amide bonds. The van der Waals surface area contributed by atoms with E-state index in [-0.39, 0.29) is 6.71 Å². The first-order valence-corrected chi connectivity index (χ1v) is 16.2. The predicted molar refractivity (Wildman–Crippen MR) is 198 cm³/mol. The van der Waals surface area contributed by atoms with Crippen molar-refractivity contribution in [2.75, 3.05) is 4.90 Å². The van der Waals surface area contributed by atoms with Crippen molar-refractivity contribution in [1.82, 2.24) is 0 Å². The quantitative estimate of drug-likeness (QED) is 0.188.